The molecule has 4 heterocycles. The van der Waals surface area contributed by atoms with Crippen LogP contribution in [0.4, 0.5) is 0 Å². The molecule has 5 rings (SSSR count). The smallest absolute Gasteiger partial charge is 0.158 e. The summed E-state index contributed by atoms with van der Waals surface area (Å²) in [5, 5.41) is 0. The molecule has 1 fully saturated rings. The van der Waals surface area contributed by atoms with Gasteiger partial charge in [0.2, 0.25) is 0 Å². The minimum absolute atomic E-state index is 0.682. The second-order valence-electron chi connectivity index (χ2n) is 7.72. The number of fused-ring (bicyclic) bond motifs is 1. The Morgan fingerprint density at radius 1 is 0.964 bits per heavy atom. The Kier molecular flexibility index (Phi) is 4.15. The van der Waals surface area contributed by atoms with Gasteiger partial charge in [0.25, 0.3) is 0 Å². The van der Waals surface area contributed by atoms with Crippen molar-refractivity contribution < 1.29 is 0 Å². The van der Waals surface area contributed by atoms with Crippen LogP contribution >= 0.6 is 0 Å². The molecule has 1 aliphatic carbocycles. The molecule has 5 nitrogen and oxygen atoms in total. The third kappa shape index (κ3) is 3.17. The minimum atomic E-state index is 0.682. The van der Waals surface area contributed by atoms with Gasteiger partial charge < -0.3 is 4.40 Å². The largest absolute Gasteiger partial charge is 0.301 e. The molecule has 0 saturated heterocycles. The van der Waals surface area contributed by atoms with Gasteiger partial charge in [-0.1, -0.05) is 6.07 Å². The van der Waals surface area contributed by atoms with E-state index in [1.54, 1.807) is 0 Å². The molecule has 0 atom stereocenters. The Labute approximate surface area is 164 Å². The molecule has 4 aromatic heterocycles. The van der Waals surface area contributed by atoms with E-state index >= 15 is 0 Å². The summed E-state index contributed by atoms with van der Waals surface area (Å²) in [4.78, 5) is 18.3. The van der Waals surface area contributed by atoms with Crippen molar-refractivity contribution >= 4 is 5.65 Å². The zero-order valence-electron chi connectivity index (χ0n) is 16.3. The van der Waals surface area contributed by atoms with E-state index in [-0.39, 0.29) is 0 Å². The Bertz CT molecular complexity index is 1160. The number of pyridine rings is 2. The van der Waals surface area contributed by atoms with Crippen LogP contribution in [0.5, 0.6) is 0 Å². The molecule has 0 unspecified atom stereocenters. The molecule has 140 valence electrons. The van der Waals surface area contributed by atoms with Gasteiger partial charge in [-0.15, -0.1) is 0 Å². The fourth-order valence-electron chi connectivity index (χ4n) is 3.88. The highest BCUT2D eigenvalue weighted by molar-refractivity contribution is 5.63. The Morgan fingerprint density at radius 3 is 2.64 bits per heavy atom. The maximum Gasteiger partial charge on any atom is 0.158 e. The van der Waals surface area contributed by atoms with E-state index in [9.17, 15) is 0 Å². The van der Waals surface area contributed by atoms with E-state index < -0.39 is 0 Å². The molecule has 4 aromatic rings. The van der Waals surface area contributed by atoms with Gasteiger partial charge in [0.05, 0.1) is 11.4 Å². The quantitative estimate of drug-likeness (QED) is 0.521. The summed E-state index contributed by atoms with van der Waals surface area (Å²) in [6, 6.07) is 6.33. The third-order valence-corrected chi connectivity index (χ3v) is 5.48. The summed E-state index contributed by atoms with van der Waals surface area (Å²) < 4.78 is 2.22. The van der Waals surface area contributed by atoms with E-state index in [2.05, 4.69) is 38.4 Å². The minimum Gasteiger partial charge on any atom is -0.301 e. The average Bonchev–Trinajstić information content (AvgIpc) is 3.45. The maximum absolute atomic E-state index is 4.73. The van der Waals surface area contributed by atoms with Crippen molar-refractivity contribution in [2.24, 2.45) is 0 Å². The van der Waals surface area contributed by atoms with Crippen molar-refractivity contribution in [1.82, 2.24) is 24.3 Å². The van der Waals surface area contributed by atoms with Crippen LogP contribution in [0.15, 0.2) is 49.2 Å². The molecule has 0 radical (unpaired) electrons. The first-order valence-electron chi connectivity index (χ1n) is 9.88. The second kappa shape index (κ2) is 6.82. The van der Waals surface area contributed by atoms with E-state index in [1.165, 1.54) is 29.7 Å². The first-order chi connectivity index (χ1) is 13.7. The predicted molar refractivity (Wildman–Crippen MR) is 109 cm³/mol. The molecule has 0 bridgehead atoms. The van der Waals surface area contributed by atoms with E-state index in [1.807, 2.05) is 44.0 Å². The van der Waals surface area contributed by atoms with E-state index in [0.717, 1.165) is 41.1 Å². The molecule has 0 aromatic carbocycles. The van der Waals surface area contributed by atoms with Crippen LogP contribution in [0.1, 0.15) is 47.0 Å². The van der Waals surface area contributed by atoms with Gasteiger partial charge in [0.1, 0.15) is 0 Å². The van der Waals surface area contributed by atoms with Gasteiger partial charge in [0.15, 0.2) is 5.65 Å². The van der Waals surface area contributed by atoms with Crippen LogP contribution in [0.25, 0.3) is 16.9 Å². The lowest BCUT2D eigenvalue weighted by Gasteiger charge is -2.09. The summed E-state index contributed by atoms with van der Waals surface area (Å²) >= 11 is 0. The highest BCUT2D eigenvalue weighted by atomic mass is 15.0. The Morgan fingerprint density at radius 2 is 1.86 bits per heavy atom. The SMILES string of the molecule is Cc1cc(-c2ncc(CCc3nccn4c(C5CC5)cnc34)cc2C)ccn1. The topological polar surface area (TPSA) is 56.0 Å². The Hall–Kier alpha value is -3.08. The molecule has 0 spiro atoms. The number of imidazole rings is 1. The number of aromatic nitrogens is 5. The van der Waals surface area contributed by atoms with Crippen molar-refractivity contribution in [3.8, 4) is 11.3 Å². The normalized spacial score (nSPS) is 13.9. The zero-order chi connectivity index (χ0) is 19.1. The average molecular weight is 369 g/mol. The number of nitrogens with zero attached hydrogens (tertiary/aromatic N) is 5. The van der Waals surface area contributed by atoms with Crippen LogP contribution < -0.4 is 0 Å². The van der Waals surface area contributed by atoms with Crippen LogP contribution in [-0.4, -0.2) is 24.3 Å². The van der Waals surface area contributed by atoms with Crippen LogP contribution in [-0.2, 0) is 12.8 Å². The molecule has 0 N–H and O–H groups in total. The lowest BCUT2D eigenvalue weighted by molar-refractivity contribution is 0.883. The van der Waals surface area contributed by atoms with Gasteiger partial charge >= 0.3 is 0 Å². The highest BCUT2D eigenvalue weighted by Crippen LogP contribution is 2.40. The fraction of sp³-hybridized carbons (Fsp3) is 0.304. The molecule has 0 amide bonds. The second-order valence-corrected chi connectivity index (χ2v) is 7.72. The van der Waals surface area contributed by atoms with Crippen molar-refractivity contribution in [2.45, 2.75) is 45.4 Å². The fourth-order valence-corrected chi connectivity index (χ4v) is 3.88. The summed E-state index contributed by atoms with van der Waals surface area (Å²) in [6.45, 7) is 4.13. The first-order valence-corrected chi connectivity index (χ1v) is 9.88. The van der Waals surface area contributed by atoms with Gasteiger partial charge in [0, 0.05) is 53.9 Å². The van der Waals surface area contributed by atoms with Crippen LogP contribution in [0.2, 0.25) is 0 Å². The summed E-state index contributed by atoms with van der Waals surface area (Å²) in [6.07, 6.45) is 14.1. The first kappa shape index (κ1) is 17.0. The van der Waals surface area contributed by atoms with Gasteiger partial charge in [-0.2, -0.15) is 0 Å². The van der Waals surface area contributed by atoms with Gasteiger partial charge in [-0.25, -0.2) is 4.98 Å². The lowest BCUT2D eigenvalue weighted by Crippen LogP contribution is -2.01. The number of rotatable bonds is 5. The summed E-state index contributed by atoms with van der Waals surface area (Å²) in [7, 11) is 0. The third-order valence-electron chi connectivity index (χ3n) is 5.48. The van der Waals surface area contributed by atoms with Crippen LogP contribution in [0, 0.1) is 13.8 Å². The van der Waals surface area contributed by atoms with E-state index in [4.69, 9.17) is 4.98 Å². The predicted octanol–water partition coefficient (Wildman–Crippen LogP) is 4.47. The maximum atomic E-state index is 4.73. The van der Waals surface area contributed by atoms with Crippen molar-refractivity contribution in [1.29, 1.82) is 0 Å². The van der Waals surface area contributed by atoms with Crippen LogP contribution in [0.3, 0.4) is 0 Å². The summed E-state index contributed by atoms with van der Waals surface area (Å²) in [5.41, 5.74) is 8.94. The number of aryl methyl sites for hydroxylation is 4. The summed E-state index contributed by atoms with van der Waals surface area (Å²) in [5.74, 6) is 0.682. The number of hydrogen-bond acceptors (Lipinski definition) is 4. The molecule has 28 heavy (non-hydrogen) atoms. The van der Waals surface area contributed by atoms with Gasteiger partial charge in [-0.05, 0) is 62.8 Å². The monoisotopic (exact) mass is 369 g/mol. The van der Waals surface area contributed by atoms with Crippen molar-refractivity contribution in [3.63, 3.8) is 0 Å². The molecular weight excluding hydrogens is 346 g/mol. The molecule has 1 aliphatic rings. The number of hydrogen-bond donors (Lipinski definition) is 0. The highest BCUT2D eigenvalue weighted by Gasteiger charge is 2.27. The lowest BCUT2D eigenvalue weighted by atomic mass is 10.0. The molecule has 5 heteroatoms. The Balaban J connectivity index is 1.37. The standard InChI is InChI=1S/C23H23N5/c1-15-11-17(13-26-22(15)19-7-8-24-16(2)12-19)3-6-20-23-27-14-21(18-4-5-18)28(23)10-9-25-20/h7-14,18H,3-6H2,1-2H3. The van der Waals surface area contributed by atoms with E-state index in [0.29, 0.717) is 5.92 Å². The van der Waals surface area contributed by atoms with Crippen molar-refractivity contribution in [3.05, 3.63) is 77.4 Å². The molecule has 0 aliphatic heterocycles. The molecular formula is C23H23N5. The zero-order valence-corrected chi connectivity index (χ0v) is 16.3. The van der Waals surface area contributed by atoms with Gasteiger partial charge in [-0.3, -0.25) is 15.0 Å². The molecule has 1 saturated carbocycles. The van der Waals surface area contributed by atoms with Crippen molar-refractivity contribution in [2.75, 3.05) is 0 Å².